The van der Waals surface area contributed by atoms with Crippen LogP contribution < -0.4 is 10.6 Å². The van der Waals surface area contributed by atoms with E-state index in [9.17, 15) is 4.39 Å². The lowest BCUT2D eigenvalue weighted by molar-refractivity contribution is -0.0164. The van der Waals surface area contributed by atoms with Crippen LogP contribution in [0.3, 0.4) is 0 Å². The zero-order valence-electron chi connectivity index (χ0n) is 17.9. The van der Waals surface area contributed by atoms with E-state index in [-0.39, 0.29) is 16.8 Å². The average molecular weight is 425 g/mol. The van der Waals surface area contributed by atoms with Crippen LogP contribution in [0.4, 0.5) is 4.39 Å². The lowest BCUT2D eigenvalue weighted by Gasteiger charge is -2.45. The summed E-state index contributed by atoms with van der Waals surface area (Å²) in [5.74, 6) is 0.463. The number of guanidine groups is 1. The summed E-state index contributed by atoms with van der Waals surface area (Å²) < 4.78 is 19.0. The van der Waals surface area contributed by atoms with Crippen molar-refractivity contribution in [1.82, 2.24) is 15.5 Å². The Morgan fingerprint density at radius 3 is 2.55 bits per heavy atom. The highest BCUT2D eigenvalue weighted by Crippen LogP contribution is 2.31. The van der Waals surface area contributed by atoms with Gasteiger partial charge in [0.05, 0.1) is 0 Å². The van der Waals surface area contributed by atoms with Gasteiger partial charge in [-0.25, -0.2) is 4.39 Å². The standard InChI is InChI=1S/C22H34ClFN4O/c1-21(2,18-7-6-17(24)14-19(18)23)15-26-20(25-3)27-16-22(8-12-29-13-9-22)28-10-4-5-11-28/h6-7,14H,4-5,8-13,15-16H2,1-3H3,(H2,25,26,27). The van der Waals surface area contributed by atoms with E-state index in [4.69, 9.17) is 16.3 Å². The van der Waals surface area contributed by atoms with Gasteiger partial charge in [-0.05, 0) is 56.5 Å². The minimum Gasteiger partial charge on any atom is -0.381 e. The van der Waals surface area contributed by atoms with Crippen LogP contribution in [0.15, 0.2) is 23.2 Å². The number of likely N-dealkylation sites (tertiary alicyclic amines) is 1. The lowest BCUT2D eigenvalue weighted by atomic mass is 9.84. The zero-order valence-corrected chi connectivity index (χ0v) is 18.6. The molecule has 2 N–H and O–H groups in total. The Labute approximate surface area is 179 Å². The fourth-order valence-corrected chi connectivity index (χ4v) is 4.88. The van der Waals surface area contributed by atoms with Crippen LogP contribution in [-0.4, -0.2) is 62.8 Å². The minimum absolute atomic E-state index is 0.141. The Kier molecular flexibility index (Phi) is 7.41. The molecule has 1 aromatic rings. The van der Waals surface area contributed by atoms with Crippen LogP contribution in [0.2, 0.25) is 5.02 Å². The first-order valence-electron chi connectivity index (χ1n) is 10.6. The molecule has 0 amide bonds. The predicted molar refractivity (Wildman–Crippen MR) is 117 cm³/mol. The summed E-state index contributed by atoms with van der Waals surface area (Å²) in [5, 5.41) is 7.44. The van der Waals surface area contributed by atoms with E-state index in [1.807, 2.05) is 0 Å². The Hall–Kier alpha value is -1.37. The van der Waals surface area contributed by atoms with Gasteiger partial charge in [-0.15, -0.1) is 0 Å². The van der Waals surface area contributed by atoms with Crippen molar-refractivity contribution in [2.45, 2.75) is 50.5 Å². The second-order valence-corrected chi connectivity index (χ2v) is 9.23. The van der Waals surface area contributed by atoms with Gasteiger partial charge in [0.15, 0.2) is 5.96 Å². The van der Waals surface area contributed by atoms with Gasteiger partial charge in [0, 0.05) is 49.3 Å². The van der Waals surface area contributed by atoms with Gasteiger partial charge < -0.3 is 15.4 Å². The molecule has 2 heterocycles. The highest BCUT2D eigenvalue weighted by atomic mass is 35.5. The quantitative estimate of drug-likeness (QED) is 0.541. The fourth-order valence-electron chi connectivity index (χ4n) is 4.45. The van der Waals surface area contributed by atoms with Gasteiger partial charge in [0.2, 0.25) is 0 Å². The Morgan fingerprint density at radius 1 is 1.24 bits per heavy atom. The molecule has 162 valence electrons. The molecule has 7 heteroatoms. The molecule has 5 nitrogen and oxygen atoms in total. The van der Waals surface area contributed by atoms with Gasteiger partial charge in [-0.2, -0.15) is 0 Å². The number of rotatable bonds is 6. The summed E-state index contributed by atoms with van der Waals surface area (Å²) in [4.78, 5) is 7.05. The predicted octanol–water partition coefficient (Wildman–Crippen LogP) is 3.57. The molecule has 0 atom stereocenters. The second-order valence-electron chi connectivity index (χ2n) is 8.82. The van der Waals surface area contributed by atoms with Gasteiger partial charge in [-0.3, -0.25) is 9.89 Å². The summed E-state index contributed by atoms with van der Waals surface area (Å²) in [6.45, 7) is 9.66. The molecule has 29 heavy (non-hydrogen) atoms. The van der Waals surface area contributed by atoms with Crippen LogP contribution in [0.1, 0.15) is 45.1 Å². The number of halogens is 2. The normalized spacial score (nSPS) is 20.7. The Bertz CT molecular complexity index is 713. The first-order valence-corrected chi connectivity index (χ1v) is 11.0. The van der Waals surface area contributed by atoms with Gasteiger partial charge in [-0.1, -0.05) is 31.5 Å². The molecule has 3 rings (SSSR count). The second kappa shape index (κ2) is 9.63. The maximum absolute atomic E-state index is 13.4. The van der Waals surface area contributed by atoms with E-state index in [0.29, 0.717) is 11.6 Å². The highest BCUT2D eigenvalue weighted by molar-refractivity contribution is 6.31. The number of benzene rings is 1. The number of hydrogen-bond donors (Lipinski definition) is 2. The summed E-state index contributed by atoms with van der Waals surface area (Å²) in [7, 11) is 1.79. The smallest absolute Gasteiger partial charge is 0.191 e. The van der Waals surface area contributed by atoms with Crippen molar-refractivity contribution in [3.63, 3.8) is 0 Å². The minimum atomic E-state index is -0.316. The van der Waals surface area contributed by atoms with Crippen molar-refractivity contribution >= 4 is 17.6 Å². The molecule has 0 saturated carbocycles. The van der Waals surface area contributed by atoms with Crippen molar-refractivity contribution < 1.29 is 9.13 Å². The first kappa shape index (κ1) is 22.3. The largest absolute Gasteiger partial charge is 0.381 e. The molecule has 0 radical (unpaired) electrons. The van der Waals surface area contributed by atoms with E-state index < -0.39 is 0 Å². The van der Waals surface area contributed by atoms with Crippen molar-refractivity contribution in [2.75, 3.05) is 46.4 Å². The number of aliphatic imine (C=N–C) groups is 1. The molecule has 2 saturated heterocycles. The third-order valence-corrected chi connectivity index (χ3v) is 6.68. The molecule has 2 aliphatic heterocycles. The molecule has 1 aromatic carbocycles. The van der Waals surface area contributed by atoms with Gasteiger partial charge in [0.25, 0.3) is 0 Å². The molecular formula is C22H34ClFN4O. The number of nitrogens with zero attached hydrogens (tertiary/aromatic N) is 2. The summed E-state index contributed by atoms with van der Waals surface area (Å²) in [6.07, 6.45) is 4.66. The van der Waals surface area contributed by atoms with E-state index in [2.05, 4.69) is 34.4 Å². The molecule has 0 aromatic heterocycles. The van der Waals surface area contributed by atoms with Crippen LogP contribution in [0, 0.1) is 5.82 Å². The van der Waals surface area contributed by atoms with Crippen molar-refractivity contribution in [1.29, 1.82) is 0 Å². The van der Waals surface area contributed by atoms with Crippen molar-refractivity contribution in [3.8, 4) is 0 Å². The fraction of sp³-hybridized carbons (Fsp3) is 0.682. The summed E-state index contributed by atoms with van der Waals surface area (Å²) >= 11 is 6.29. The third kappa shape index (κ3) is 5.41. The molecular weight excluding hydrogens is 391 g/mol. The Balaban J connectivity index is 1.61. The molecule has 0 bridgehead atoms. The first-order chi connectivity index (χ1) is 13.9. The van der Waals surface area contributed by atoms with Gasteiger partial charge in [0.1, 0.15) is 5.82 Å². The highest BCUT2D eigenvalue weighted by Gasteiger charge is 2.39. The van der Waals surface area contributed by atoms with E-state index in [1.54, 1.807) is 13.1 Å². The third-order valence-electron chi connectivity index (χ3n) is 6.37. The molecule has 2 fully saturated rings. The van der Waals surface area contributed by atoms with Crippen LogP contribution in [0.25, 0.3) is 0 Å². The number of hydrogen-bond acceptors (Lipinski definition) is 3. The van der Waals surface area contributed by atoms with Crippen LogP contribution in [0.5, 0.6) is 0 Å². The molecule has 0 unspecified atom stereocenters. The van der Waals surface area contributed by atoms with E-state index in [0.717, 1.165) is 44.1 Å². The topological polar surface area (TPSA) is 48.9 Å². The van der Waals surface area contributed by atoms with Gasteiger partial charge >= 0.3 is 0 Å². The van der Waals surface area contributed by atoms with Crippen LogP contribution in [-0.2, 0) is 10.2 Å². The summed E-state index contributed by atoms with van der Waals surface area (Å²) in [6, 6.07) is 4.59. The van der Waals surface area contributed by atoms with Crippen molar-refractivity contribution in [3.05, 3.63) is 34.6 Å². The number of ether oxygens (including phenoxy) is 1. The monoisotopic (exact) mass is 424 g/mol. The zero-order chi connectivity index (χ0) is 20.9. The average Bonchev–Trinajstić information content (AvgIpc) is 3.24. The maximum atomic E-state index is 13.4. The lowest BCUT2D eigenvalue weighted by Crippen LogP contribution is -2.59. The van der Waals surface area contributed by atoms with Crippen molar-refractivity contribution in [2.24, 2.45) is 4.99 Å². The molecule has 0 spiro atoms. The Morgan fingerprint density at radius 2 is 1.93 bits per heavy atom. The number of nitrogens with one attached hydrogen (secondary N) is 2. The summed E-state index contributed by atoms with van der Waals surface area (Å²) in [5.41, 5.74) is 0.789. The van der Waals surface area contributed by atoms with Crippen LogP contribution >= 0.6 is 11.6 Å². The maximum Gasteiger partial charge on any atom is 0.191 e. The van der Waals surface area contributed by atoms with E-state index in [1.165, 1.54) is 38.1 Å². The van der Waals surface area contributed by atoms with E-state index >= 15 is 0 Å². The SMILES string of the molecule is CN=C(NCC(C)(C)c1ccc(F)cc1Cl)NCC1(N2CCCC2)CCOCC1. The molecule has 2 aliphatic rings. The molecule has 0 aliphatic carbocycles.